The molecule has 72 valence electrons. The molecular weight excluding hydrogens is 212 g/mol. The minimum absolute atomic E-state index is 0.106. The van der Waals surface area contributed by atoms with Crippen molar-refractivity contribution in [2.75, 3.05) is 5.73 Å². The summed E-state index contributed by atoms with van der Waals surface area (Å²) >= 11 is 11.7. The molecule has 1 aromatic rings. The lowest BCUT2D eigenvalue weighted by Crippen LogP contribution is -2.01. The summed E-state index contributed by atoms with van der Waals surface area (Å²) in [5.41, 5.74) is 6.54. The summed E-state index contributed by atoms with van der Waals surface area (Å²) in [5, 5.41) is 0.616. The van der Waals surface area contributed by atoms with Crippen molar-refractivity contribution in [2.45, 2.75) is 20.3 Å². The van der Waals surface area contributed by atoms with Crippen LogP contribution in [0, 0.1) is 12.7 Å². The molecule has 0 bridgehead atoms. The number of rotatable bonds is 1. The van der Waals surface area contributed by atoms with Crippen molar-refractivity contribution >= 4 is 28.9 Å². The highest BCUT2D eigenvalue weighted by atomic mass is 35.5. The molecule has 0 unspecified atom stereocenters. The van der Waals surface area contributed by atoms with E-state index in [0.29, 0.717) is 22.6 Å². The first kappa shape index (κ1) is 10.6. The van der Waals surface area contributed by atoms with Gasteiger partial charge >= 0.3 is 0 Å². The van der Waals surface area contributed by atoms with Crippen molar-refractivity contribution in [1.82, 2.24) is 0 Å². The van der Waals surface area contributed by atoms with Gasteiger partial charge in [-0.3, -0.25) is 0 Å². The summed E-state index contributed by atoms with van der Waals surface area (Å²) in [6, 6.07) is 0. The van der Waals surface area contributed by atoms with E-state index >= 15 is 0 Å². The van der Waals surface area contributed by atoms with Crippen LogP contribution >= 0.6 is 23.2 Å². The van der Waals surface area contributed by atoms with Gasteiger partial charge in [-0.1, -0.05) is 30.1 Å². The number of anilines is 1. The number of nitrogen functional groups attached to an aromatic ring is 1. The second-order valence-corrected chi connectivity index (χ2v) is 3.57. The number of benzene rings is 1. The van der Waals surface area contributed by atoms with Gasteiger partial charge in [0.25, 0.3) is 0 Å². The molecule has 0 aromatic heterocycles. The average molecular weight is 222 g/mol. The van der Waals surface area contributed by atoms with E-state index in [0.717, 1.165) is 0 Å². The molecule has 4 heteroatoms. The second-order valence-electron chi connectivity index (χ2n) is 2.81. The normalized spacial score (nSPS) is 10.5. The smallest absolute Gasteiger partial charge is 0.150 e. The Morgan fingerprint density at radius 3 is 2.31 bits per heavy atom. The number of halogens is 3. The van der Waals surface area contributed by atoms with Gasteiger partial charge in [-0.05, 0) is 18.9 Å². The van der Waals surface area contributed by atoms with Gasteiger partial charge in [0.2, 0.25) is 0 Å². The van der Waals surface area contributed by atoms with Crippen LogP contribution in [0.3, 0.4) is 0 Å². The monoisotopic (exact) mass is 221 g/mol. The van der Waals surface area contributed by atoms with E-state index in [9.17, 15) is 4.39 Å². The Kier molecular flexibility index (Phi) is 3.04. The molecule has 0 amide bonds. The summed E-state index contributed by atoms with van der Waals surface area (Å²) in [5.74, 6) is -0.466. The summed E-state index contributed by atoms with van der Waals surface area (Å²) < 4.78 is 13.4. The Balaban J connectivity index is 3.56. The average Bonchev–Trinajstić information content (AvgIpc) is 2.13. The molecule has 0 atom stereocenters. The first-order valence-electron chi connectivity index (χ1n) is 3.92. The predicted octanol–water partition coefficient (Wildman–Crippen LogP) is 3.59. The zero-order chi connectivity index (χ0) is 10.2. The van der Waals surface area contributed by atoms with Gasteiger partial charge in [0, 0.05) is 5.56 Å². The van der Waals surface area contributed by atoms with E-state index in [1.807, 2.05) is 6.92 Å². The highest BCUT2D eigenvalue weighted by Gasteiger charge is 2.16. The third-order valence-electron chi connectivity index (χ3n) is 2.03. The predicted molar refractivity (Wildman–Crippen MR) is 54.9 cm³/mol. The van der Waals surface area contributed by atoms with E-state index in [1.165, 1.54) is 0 Å². The first-order chi connectivity index (χ1) is 6.00. The maximum absolute atomic E-state index is 13.4. The van der Waals surface area contributed by atoms with E-state index < -0.39 is 5.82 Å². The first-order valence-corrected chi connectivity index (χ1v) is 4.67. The molecule has 0 spiro atoms. The van der Waals surface area contributed by atoms with Gasteiger partial charge in [0.15, 0.2) is 5.82 Å². The lowest BCUT2D eigenvalue weighted by Gasteiger charge is -2.11. The van der Waals surface area contributed by atoms with Crippen molar-refractivity contribution in [3.63, 3.8) is 0 Å². The van der Waals surface area contributed by atoms with Gasteiger partial charge in [-0.2, -0.15) is 0 Å². The fourth-order valence-electron chi connectivity index (χ4n) is 1.19. The van der Waals surface area contributed by atoms with Crippen LogP contribution in [0.4, 0.5) is 10.1 Å². The van der Waals surface area contributed by atoms with Crippen LogP contribution in [0.15, 0.2) is 0 Å². The molecule has 1 aromatic carbocycles. The summed E-state index contributed by atoms with van der Waals surface area (Å²) in [7, 11) is 0. The third kappa shape index (κ3) is 1.61. The summed E-state index contributed by atoms with van der Waals surface area (Å²) in [6.45, 7) is 3.40. The molecule has 2 N–H and O–H groups in total. The Morgan fingerprint density at radius 2 is 1.85 bits per heavy atom. The van der Waals surface area contributed by atoms with Gasteiger partial charge < -0.3 is 5.73 Å². The van der Waals surface area contributed by atoms with Crippen LogP contribution in [0.2, 0.25) is 10.0 Å². The van der Waals surface area contributed by atoms with Crippen LogP contribution in [0.25, 0.3) is 0 Å². The maximum Gasteiger partial charge on any atom is 0.150 e. The Morgan fingerprint density at radius 1 is 1.31 bits per heavy atom. The molecule has 0 heterocycles. The molecule has 0 aliphatic carbocycles. The number of nitrogens with two attached hydrogens (primary N) is 1. The minimum Gasteiger partial charge on any atom is -0.396 e. The molecule has 0 aliphatic heterocycles. The zero-order valence-corrected chi connectivity index (χ0v) is 8.93. The molecule has 0 saturated heterocycles. The molecule has 1 nitrogen and oxygen atoms in total. The van der Waals surface area contributed by atoms with Crippen molar-refractivity contribution in [2.24, 2.45) is 0 Å². The van der Waals surface area contributed by atoms with Gasteiger partial charge in [-0.15, -0.1) is 0 Å². The quantitative estimate of drug-likeness (QED) is 0.570. The highest BCUT2D eigenvalue weighted by Crippen LogP contribution is 2.35. The molecule has 0 saturated carbocycles. The van der Waals surface area contributed by atoms with E-state index in [4.69, 9.17) is 28.9 Å². The highest BCUT2D eigenvalue weighted by molar-refractivity contribution is 6.43. The lowest BCUT2D eigenvalue weighted by molar-refractivity contribution is 0.621. The lowest BCUT2D eigenvalue weighted by atomic mass is 10.1. The van der Waals surface area contributed by atoms with Crippen molar-refractivity contribution in [3.05, 3.63) is 27.0 Å². The topological polar surface area (TPSA) is 26.0 Å². The van der Waals surface area contributed by atoms with Gasteiger partial charge in [0.1, 0.15) is 0 Å². The second kappa shape index (κ2) is 3.72. The molecule has 13 heavy (non-hydrogen) atoms. The SMILES string of the molecule is CCc1c(N)c(F)c(C)c(Cl)c1Cl. The Bertz CT molecular complexity index is 321. The van der Waals surface area contributed by atoms with Gasteiger partial charge in [0.05, 0.1) is 15.7 Å². The fraction of sp³-hybridized carbons (Fsp3) is 0.333. The van der Waals surface area contributed by atoms with Crippen molar-refractivity contribution < 1.29 is 4.39 Å². The van der Waals surface area contributed by atoms with E-state index in [1.54, 1.807) is 6.92 Å². The molecular formula is C9H10Cl2FN. The van der Waals surface area contributed by atoms with Gasteiger partial charge in [-0.25, -0.2) is 4.39 Å². The molecule has 1 rings (SSSR count). The maximum atomic E-state index is 13.4. The summed E-state index contributed by atoms with van der Waals surface area (Å²) in [4.78, 5) is 0. The molecule has 0 aliphatic rings. The van der Waals surface area contributed by atoms with Crippen LogP contribution in [0.1, 0.15) is 18.1 Å². The minimum atomic E-state index is -0.466. The largest absolute Gasteiger partial charge is 0.396 e. The Hall–Kier alpha value is -0.470. The van der Waals surface area contributed by atoms with Crippen molar-refractivity contribution in [3.8, 4) is 0 Å². The Labute approximate surface area is 86.6 Å². The van der Waals surface area contributed by atoms with E-state index in [-0.39, 0.29) is 10.7 Å². The number of hydrogen-bond donors (Lipinski definition) is 1. The fourth-order valence-corrected chi connectivity index (χ4v) is 1.77. The molecule has 0 fully saturated rings. The van der Waals surface area contributed by atoms with Crippen LogP contribution < -0.4 is 5.73 Å². The third-order valence-corrected chi connectivity index (χ3v) is 3.02. The van der Waals surface area contributed by atoms with Crippen molar-refractivity contribution in [1.29, 1.82) is 0 Å². The van der Waals surface area contributed by atoms with Crippen LogP contribution in [-0.4, -0.2) is 0 Å². The van der Waals surface area contributed by atoms with Crippen LogP contribution in [0.5, 0.6) is 0 Å². The van der Waals surface area contributed by atoms with Crippen LogP contribution in [-0.2, 0) is 6.42 Å². The molecule has 0 radical (unpaired) electrons. The zero-order valence-electron chi connectivity index (χ0n) is 7.42. The summed E-state index contributed by atoms with van der Waals surface area (Å²) in [6.07, 6.45) is 0.571. The number of hydrogen-bond acceptors (Lipinski definition) is 1. The standard InChI is InChI=1S/C9H10Cl2FN/c1-3-5-7(11)6(10)4(2)8(12)9(5)13/h3,13H2,1-2H3. The van der Waals surface area contributed by atoms with E-state index in [2.05, 4.69) is 0 Å².